The molecular formula is C23H29N3O4S. The monoisotopic (exact) mass is 443 g/mol. The number of carbonyl (C=O) groups is 2. The van der Waals surface area contributed by atoms with Crippen molar-refractivity contribution in [3.63, 3.8) is 0 Å². The standard InChI is InChI=1S/C23H29N3O4S/c1-17-9-7-12-21(18(17)2)24-22(27)16-25(3)23(28)19-10-8-11-20(15-19)31(29,30)26-13-5-4-6-14-26/h7-12,15H,4-6,13-14,16H2,1-3H3,(H,24,27). The number of aryl methyl sites for hydroxylation is 1. The smallest absolute Gasteiger partial charge is 0.254 e. The molecule has 1 aliphatic rings. The number of likely N-dealkylation sites (N-methyl/N-ethyl adjacent to an activating group) is 1. The Balaban J connectivity index is 1.70. The molecule has 1 aliphatic heterocycles. The summed E-state index contributed by atoms with van der Waals surface area (Å²) >= 11 is 0. The molecule has 1 N–H and O–H groups in total. The zero-order valence-corrected chi connectivity index (χ0v) is 19.0. The predicted molar refractivity (Wildman–Crippen MR) is 121 cm³/mol. The van der Waals surface area contributed by atoms with Gasteiger partial charge in [-0.1, -0.05) is 24.6 Å². The number of sulfonamides is 1. The average Bonchev–Trinajstić information content (AvgIpc) is 2.77. The molecule has 166 valence electrons. The summed E-state index contributed by atoms with van der Waals surface area (Å²) in [5, 5.41) is 2.83. The van der Waals surface area contributed by atoms with Crippen LogP contribution in [-0.4, -0.2) is 56.1 Å². The Labute approximate surface area is 184 Å². The molecule has 0 radical (unpaired) electrons. The van der Waals surface area contributed by atoms with Crippen molar-refractivity contribution in [2.45, 2.75) is 38.0 Å². The maximum absolute atomic E-state index is 12.9. The molecule has 0 atom stereocenters. The van der Waals surface area contributed by atoms with E-state index in [1.54, 1.807) is 12.1 Å². The van der Waals surface area contributed by atoms with Gasteiger partial charge in [0.25, 0.3) is 5.91 Å². The minimum atomic E-state index is -3.63. The van der Waals surface area contributed by atoms with Gasteiger partial charge < -0.3 is 10.2 Å². The molecular weight excluding hydrogens is 414 g/mol. The van der Waals surface area contributed by atoms with Gasteiger partial charge in [-0.2, -0.15) is 4.31 Å². The molecule has 0 aliphatic carbocycles. The van der Waals surface area contributed by atoms with Gasteiger partial charge in [0.2, 0.25) is 15.9 Å². The highest BCUT2D eigenvalue weighted by Crippen LogP contribution is 2.22. The summed E-state index contributed by atoms with van der Waals surface area (Å²) in [5.41, 5.74) is 2.98. The molecule has 0 saturated carbocycles. The van der Waals surface area contributed by atoms with Crippen LogP contribution in [0.1, 0.15) is 40.7 Å². The van der Waals surface area contributed by atoms with Crippen LogP contribution in [0.2, 0.25) is 0 Å². The zero-order valence-electron chi connectivity index (χ0n) is 18.2. The van der Waals surface area contributed by atoms with Crippen molar-refractivity contribution in [3.05, 3.63) is 59.2 Å². The van der Waals surface area contributed by atoms with Crippen LogP contribution in [0, 0.1) is 13.8 Å². The fourth-order valence-corrected chi connectivity index (χ4v) is 5.19. The molecule has 1 heterocycles. The third kappa shape index (κ3) is 5.32. The number of piperidine rings is 1. The fraction of sp³-hybridized carbons (Fsp3) is 0.391. The second-order valence-corrected chi connectivity index (χ2v) is 9.89. The van der Waals surface area contributed by atoms with Gasteiger partial charge >= 0.3 is 0 Å². The van der Waals surface area contributed by atoms with Crippen molar-refractivity contribution in [3.8, 4) is 0 Å². The van der Waals surface area contributed by atoms with Gasteiger partial charge in [-0.15, -0.1) is 0 Å². The number of anilines is 1. The fourth-order valence-electron chi connectivity index (χ4n) is 3.63. The van der Waals surface area contributed by atoms with Crippen LogP contribution in [-0.2, 0) is 14.8 Å². The first-order valence-electron chi connectivity index (χ1n) is 10.4. The third-order valence-corrected chi connectivity index (χ3v) is 7.53. The minimum Gasteiger partial charge on any atom is -0.332 e. The van der Waals surface area contributed by atoms with Crippen LogP contribution < -0.4 is 5.32 Å². The van der Waals surface area contributed by atoms with Crippen LogP contribution >= 0.6 is 0 Å². The van der Waals surface area contributed by atoms with E-state index in [0.717, 1.165) is 30.4 Å². The van der Waals surface area contributed by atoms with Crippen LogP contribution in [0.4, 0.5) is 5.69 Å². The van der Waals surface area contributed by atoms with Crippen molar-refractivity contribution in [1.82, 2.24) is 9.21 Å². The summed E-state index contributed by atoms with van der Waals surface area (Å²) in [4.78, 5) is 26.7. The molecule has 2 amide bonds. The molecule has 1 fully saturated rings. The zero-order chi connectivity index (χ0) is 22.6. The summed E-state index contributed by atoms with van der Waals surface area (Å²) in [5.74, 6) is -0.728. The van der Waals surface area contributed by atoms with E-state index < -0.39 is 15.9 Å². The Morgan fingerprint density at radius 1 is 1.03 bits per heavy atom. The van der Waals surface area contributed by atoms with E-state index in [9.17, 15) is 18.0 Å². The Kier molecular flexibility index (Phi) is 7.12. The van der Waals surface area contributed by atoms with E-state index in [4.69, 9.17) is 0 Å². The highest BCUT2D eigenvalue weighted by atomic mass is 32.2. The Bertz CT molecular complexity index is 1080. The first kappa shape index (κ1) is 23.0. The number of benzene rings is 2. The summed E-state index contributed by atoms with van der Waals surface area (Å²) < 4.78 is 27.3. The number of nitrogens with one attached hydrogen (secondary N) is 1. The Hall–Kier alpha value is -2.71. The summed E-state index contributed by atoms with van der Waals surface area (Å²) in [6.07, 6.45) is 2.71. The molecule has 0 spiro atoms. The van der Waals surface area contributed by atoms with Crippen molar-refractivity contribution in [2.24, 2.45) is 0 Å². The van der Waals surface area contributed by atoms with Crippen LogP contribution in [0.15, 0.2) is 47.4 Å². The first-order chi connectivity index (χ1) is 14.7. The van der Waals surface area contributed by atoms with Crippen LogP contribution in [0.3, 0.4) is 0 Å². The summed E-state index contributed by atoms with van der Waals surface area (Å²) in [6.45, 7) is 4.74. The van der Waals surface area contributed by atoms with E-state index in [1.807, 2.05) is 32.0 Å². The molecule has 0 unspecified atom stereocenters. The summed E-state index contributed by atoms with van der Waals surface area (Å²) in [7, 11) is -2.11. The highest BCUT2D eigenvalue weighted by molar-refractivity contribution is 7.89. The number of hydrogen-bond acceptors (Lipinski definition) is 4. The van der Waals surface area contributed by atoms with E-state index in [1.165, 1.54) is 28.4 Å². The van der Waals surface area contributed by atoms with Crippen molar-refractivity contribution < 1.29 is 18.0 Å². The first-order valence-corrected chi connectivity index (χ1v) is 11.9. The maximum Gasteiger partial charge on any atom is 0.254 e. The lowest BCUT2D eigenvalue weighted by atomic mass is 10.1. The van der Waals surface area contributed by atoms with E-state index in [-0.39, 0.29) is 22.9 Å². The van der Waals surface area contributed by atoms with Crippen molar-refractivity contribution >= 4 is 27.5 Å². The van der Waals surface area contributed by atoms with Gasteiger partial charge in [0.1, 0.15) is 0 Å². The molecule has 1 saturated heterocycles. The van der Waals surface area contributed by atoms with Crippen molar-refractivity contribution in [2.75, 3.05) is 32.0 Å². The number of carbonyl (C=O) groups excluding carboxylic acids is 2. The maximum atomic E-state index is 12.9. The predicted octanol–water partition coefficient (Wildman–Crippen LogP) is 3.19. The van der Waals surface area contributed by atoms with Crippen LogP contribution in [0.25, 0.3) is 0 Å². The molecule has 2 aromatic rings. The molecule has 0 bridgehead atoms. The molecule has 8 heteroatoms. The van der Waals surface area contributed by atoms with Gasteiger partial charge in [-0.25, -0.2) is 8.42 Å². The normalized spacial score (nSPS) is 14.8. The minimum absolute atomic E-state index is 0.105. The molecule has 2 aromatic carbocycles. The van der Waals surface area contributed by atoms with Gasteiger partial charge in [0.05, 0.1) is 11.4 Å². The molecule has 31 heavy (non-hydrogen) atoms. The van der Waals surface area contributed by atoms with E-state index in [0.29, 0.717) is 18.8 Å². The highest BCUT2D eigenvalue weighted by Gasteiger charge is 2.27. The molecule has 0 aromatic heterocycles. The number of rotatable bonds is 6. The van der Waals surface area contributed by atoms with E-state index >= 15 is 0 Å². The lowest BCUT2D eigenvalue weighted by Crippen LogP contribution is -2.36. The number of amides is 2. The quantitative estimate of drug-likeness (QED) is 0.743. The van der Waals surface area contributed by atoms with Gasteiger partial charge in [-0.3, -0.25) is 9.59 Å². The lowest BCUT2D eigenvalue weighted by molar-refractivity contribution is -0.116. The van der Waals surface area contributed by atoms with Crippen molar-refractivity contribution in [1.29, 1.82) is 0 Å². The van der Waals surface area contributed by atoms with Gasteiger partial charge in [0, 0.05) is 31.4 Å². The van der Waals surface area contributed by atoms with Crippen LogP contribution in [0.5, 0.6) is 0 Å². The largest absolute Gasteiger partial charge is 0.332 e. The second-order valence-electron chi connectivity index (χ2n) is 7.95. The number of nitrogens with zero attached hydrogens (tertiary/aromatic N) is 2. The van der Waals surface area contributed by atoms with Gasteiger partial charge in [-0.05, 0) is 62.1 Å². The Morgan fingerprint density at radius 3 is 2.42 bits per heavy atom. The second kappa shape index (κ2) is 9.62. The SMILES string of the molecule is Cc1cccc(NC(=O)CN(C)C(=O)c2cccc(S(=O)(=O)N3CCCCC3)c2)c1C. The average molecular weight is 444 g/mol. The van der Waals surface area contributed by atoms with E-state index in [2.05, 4.69) is 5.32 Å². The third-order valence-electron chi connectivity index (χ3n) is 5.64. The molecule has 7 nitrogen and oxygen atoms in total. The topological polar surface area (TPSA) is 86.8 Å². The number of hydrogen-bond donors (Lipinski definition) is 1. The van der Waals surface area contributed by atoms with Gasteiger partial charge in [0.15, 0.2) is 0 Å². The lowest BCUT2D eigenvalue weighted by Gasteiger charge is -2.26. The summed E-state index contributed by atoms with van der Waals surface area (Å²) in [6, 6.07) is 11.7. The Morgan fingerprint density at radius 2 is 1.71 bits per heavy atom. The molecule has 3 rings (SSSR count).